The molecule has 0 aliphatic carbocycles. The number of ether oxygens (including phenoxy) is 2. The molecule has 210 valence electrons. The Morgan fingerprint density at radius 1 is 0.850 bits per heavy atom. The minimum absolute atomic E-state index is 0.0377. The van der Waals surface area contributed by atoms with Crippen LogP contribution in [0.3, 0.4) is 0 Å². The van der Waals surface area contributed by atoms with Crippen LogP contribution in [0.2, 0.25) is 0 Å². The largest absolute Gasteiger partial charge is 0.457 e. The van der Waals surface area contributed by atoms with Crippen LogP contribution in [0.1, 0.15) is 23.2 Å². The summed E-state index contributed by atoms with van der Waals surface area (Å²) < 4.78 is 24.8. The number of carbonyl (C=O) groups excluding carboxylic acids is 1. The topological polar surface area (TPSA) is 74.3 Å². The van der Waals surface area contributed by atoms with Crippen LogP contribution in [0.15, 0.2) is 60.7 Å². The molecule has 3 aliphatic heterocycles. The minimum atomic E-state index is -0.323. The Kier molecular flexibility index (Phi) is 8.06. The van der Waals surface area contributed by atoms with E-state index in [2.05, 4.69) is 31.0 Å². The van der Waals surface area contributed by atoms with Crippen molar-refractivity contribution >= 4 is 17.5 Å². The maximum absolute atomic E-state index is 13.2. The van der Waals surface area contributed by atoms with Gasteiger partial charge in [-0.3, -0.25) is 9.69 Å². The molecule has 1 amide bonds. The number of amides is 1. The van der Waals surface area contributed by atoms with E-state index in [0.29, 0.717) is 49.3 Å². The lowest BCUT2D eigenvalue weighted by molar-refractivity contribution is 0.0712. The van der Waals surface area contributed by atoms with Crippen molar-refractivity contribution in [3.05, 3.63) is 72.0 Å². The molecule has 3 aliphatic rings. The van der Waals surface area contributed by atoms with E-state index >= 15 is 0 Å². The third-order valence-electron chi connectivity index (χ3n) is 7.84. The third-order valence-corrected chi connectivity index (χ3v) is 7.84. The number of hydrogen-bond acceptors (Lipinski definition) is 8. The van der Waals surface area contributed by atoms with Gasteiger partial charge in [-0.2, -0.15) is 0 Å². The molecular formula is C30H35FN6O3. The molecule has 1 aromatic heterocycles. The molecule has 0 radical (unpaired) electrons. The van der Waals surface area contributed by atoms with Crippen LogP contribution < -0.4 is 14.5 Å². The van der Waals surface area contributed by atoms with Crippen LogP contribution in [0.4, 0.5) is 16.0 Å². The van der Waals surface area contributed by atoms with Gasteiger partial charge in [0.2, 0.25) is 0 Å². The lowest BCUT2D eigenvalue weighted by atomic mass is 10.1. The molecule has 0 N–H and O–H groups in total. The third kappa shape index (κ3) is 6.34. The predicted molar refractivity (Wildman–Crippen MR) is 151 cm³/mol. The summed E-state index contributed by atoms with van der Waals surface area (Å²) in [7, 11) is 0. The van der Waals surface area contributed by atoms with Crippen molar-refractivity contribution in [2.45, 2.75) is 18.9 Å². The van der Waals surface area contributed by atoms with Crippen molar-refractivity contribution in [3.8, 4) is 11.5 Å². The standard InChI is InChI=1S/C30H35FN6O3/c31-24-6-8-25(9-7-24)40-26-4-1-3-23(21-26)30(38)37-18-16-36(17-19-37)29-11-10-28(32-33-29)35-14-12-34(13-15-35)22-27-5-2-20-39-27/h1,3-4,6-11,21,27H,2,5,12-20,22H2. The lowest BCUT2D eigenvalue weighted by Crippen LogP contribution is -2.49. The summed E-state index contributed by atoms with van der Waals surface area (Å²) in [5.74, 6) is 2.44. The van der Waals surface area contributed by atoms with E-state index in [9.17, 15) is 9.18 Å². The van der Waals surface area contributed by atoms with Crippen LogP contribution in [-0.2, 0) is 4.74 Å². The quantitative estimate of drug-likeness (QED) is 0.445. The molecular weight excluding hydrogens is 511 g/mol. The number of aromatic nitrogens is 2. The summed E-state index contributed by atoms with van der Waals surface area (Å²) >= 11 is 0. The van der Waals surface area contributed by atoms with Crippen molar-refractivity contribution in [2.75, 3.05) is 75.3 Å². The van der Waals surface area contributed by atoms with Crippen molar-refractivity contribution < 1.29 is 18.7 Å². The average molecular weight is 547 g/mol. The summed E-state index contributed by atoms with van der Waals surface area (Å²) in [5, 5.41) is 9.05. The zero-order valence-electron chi connectivity index (χ0n) is 22.6. The minimum Gasteiger partial charge on any atom is -0.457 e. The summed E-state index contributed by atoms with van der Waals surface area (Å²) in [6.45, 7) is 8.41. The Morgan fingerprint density at radius 2 is 1.52 bits per heavy atom. The number of halogens is 1. The molecule has 0 spiro atoms. The molecule has 3 saturated heterocycles. The van der Waals surface area contributed by atoms with E-state index in [4.69, 9.17) is 9.47 Å². The molecule has 9 nitrogen and oxygen atoms in total. The van der Waals surface area contributed by atoms with E-state index in [-0.39, 0.29) is 11.7 Å². The van der Waals surface area contributed by atoms with Gasteiger partial charge in [-0.1, -0.05) is 6.07 Å². The Hall–Kier alpha value is -3.76. The van der Waals surface area contributed by atoms with Gasteiger partial charge in [-0.05, 0) is 67.4 Å². The van der Waals surface area contributed by atoms with Gasteiger partial charge in [-0.25, -0.2) is 4.39 Å². The second-order valence-electron chi connectivity index (χ2n) is 10.5. The fraction of sp³-hybridized carbons (Fsp3) is 0.433. The fourth-order valence-corrected chi connectivity index (χ4v) is 5.54. The number of hydrogen-bond donors (Lipinski definition) is 0. The van der Waals surface area contributed by atoms with Crippen LogP contribution in [-0.4, -0.2) is 97.5 Å². The molecule has 0 bridgehead atoms. The van der Waals surface area contributed by atoms with Crippen LogP contribution in [0.25, 0.3) is 0 Å². The monoisotopic (exact) mass is 546 g/mol. The maximum Gasteiger partial charge on any atom is 0.254 e. The van der Waals surface area contributed by atoms with E-state index < -0.39 is 0 Å². The zero-order chi connectivity index (χ0) is 27.3. The Bertz CT molecular complexity index is 1270. The molecule has 4 heterocycles. The number of piperazine rings is 2. The lowest BCUT2D eigenvalue weighted by Gasteiger charge is -2.37. The van der Waals surface area contributed by atoms with E-state index in [1.54, 1.807) is 36.4 Å². The first-order valence-electron chi connectivity index (χ1n) is 14.1. The molecule has 1 unspecified atom stereocenters. The van der Waals surface area contributed by atoms with Crippen LogP contribution >= 0.6 is 0 Å². The van der Waals surface area contributed by atoms with Crippen molar-refractivity contribution in [2.24, 2.45) is 0 Å². The second kappa shape index (κ2) is 12.2. The molecule has 0 saturated carbocycles. The van der Waals surface area contributed by atoms with Gasteiger partial charge in [0.25, 0.3) is 5.91 Å². The van der Waals surface area contributed by atoms with Crippen LogP contribution in [0.5, 0.6) is 11.5 Å². The molecule has 10 heteroatoms. The maximum atomic E-state index is 13.2. The first-order chi connectivity index (χ1) is 19.6. The molecule has 3 aromatic rings. The summed E-state index contributed by atoms with van der Waals surface area (Å²) in [5.41, 5.74) is 0.563. The van der Waals surface area contributed by atoms with Gasteiger partial charge in [0.15, 0.2) is 11.6 Å². The summed E-state index contributed by atoms with van der Waals surface area (Å²) in [6, 6.07) is 17.0. The Balaban J connectivity index is 0.987. The van der Waals surface area contributed by atoms with E-state index in [1.165, 1.54) is 25.0 Å². The second-order valence-corrected chi connectivity index (χ2v) is 10.5. The number of nitrogens with zero attached hydrogens (tertiary/aromatic N) is 6. The summed E-state index contributed by atoms with van der Waals surface area (Å²) in [6.07, 6.45) is 2.76. The van der Waals surface area contributed by atoms with Gasteiger partial charge in [0.05, 0.1) is 6.10 Å². The first kappa shape index (κ1) is 26.5. The number of rotatable bonds is 7. The first-order valence-corrected chi connectivity index (χ1v) is 14.1. The zero-order valence-corrected chi connectivity index (χ0v) is 22.6. The predicted octanol–water partition coefficient (Wildman–Crippen LogP) is 3.67. The normalized spacial score (nSPS) is 20.1. The summed E-state index contributed by atoms with van der Waals surface area (Å²) in [4.78, 5) is 22.0. The Morgan fingerprint density at radius 3 is 2.15 bits per heavy atom. The molecule has 1 atom stereocenters. The number of benzene rings is 2. The molecule has 2 aromatic carbocycles. The highest BCUT2D eigenvalue weighted by Gasteiger charge is 2.25. The van der Waals surface area contributed by atoms with Gasteiger partial charge >= 0.3 is 0 Å². The van der Waals surface area contributed by atoms with Crippen molar-refractivity contribution in [1.82, 2.24) is 20.0 Å². The Labute approximate surface area is 234 Å². The molecule has 40 heavy (non-hydrogen) atoms. The SMILES string of the molecule is O=C(c1cccc(Oc2ccc(F)cc2)c1)N1CCN(c2ccc(N3CCN(CC4CCCO4)CC3)nn2)CC1. The molecule has 3 fully saturated rings. The van der Waals surface area contributed by atoms with Crippen LogP contribution in [0, 0.1) is 5.82 Å². The number of carbonyl (C=O) groups is 1. The smallest absolute Gasteiger partial charge is 0.254 e. The highest BCUT2D eigenvalue weighted by atomic mass is 19.1. The highest BCUT2D eigenvalue weighted by Crippen LogP contribution is 2.24. The highest BCUT2D eigenvalue weighted by molar-refractivity contribution is 5.94. The molecule has 6 rings (SSSR count). The van der Waals surface area contributed by atoms with Gasteiger partial charge in [0.1, 0.15) is 17.3 Å². The average Bonchev–Trinajstić information content (AvgIpc) is 3.52. The van der Waals surface area contributed by atoms with E-state index in [0.717, 1.165) is 51.0 Å². The van der Waals surface area contributed by atoms with Crippen molar-refractivity contribution in [3.63, 3.8) is 0 Å². The van der Waals surface area contributed by atoms with E-state index in [1.807, 2.05) is 11.0 Å². The number of anilines is 2. The fourth-order valence-electron chi connectivity index (χ4n) is 5.54. The van der Waals surface area contributed by atoms with Gasteiger partial charge in [0, 0.05) is 71.1 Å². The van der Waals surface area contributed by atoms with Gasteiger partial charge < -0.3 is 24.2 Å². The van der Waals surface area contributed by atoms with Crippen molar-refractivity contribution in [1.29, 1.82) is 0 Å². The van der Waals surface area contributed by atoms with Gasteiger partial charge in [-0.15, -0.1) is 10.2 Å².